The van der Waals surface area contributed by atoms with E-state index in [1.807, 2.05) is 12.3 Å². The first kappa shape index (κ1) is 20.3. The van der Waals surface area contributed by atoms with Crippen molar-refractivity contribution >= 4 is 45.0 Å². The Balaban J connectivity index is 1.29. The van der Waals surface area contributed by atoms with Crippen LogP contribution >= 0.6 is 11.3 Å². The first-order valence-corrected chi connectivity index (χ1v) is 12.4. The molecule has 0 bridgehead atoms. The van der Waals surface area contributed by atoms with Crippen molar-refractivity contribution in [2.24, 2.45) is 11.8 Å². The minimum Gasteiger partial charge on any atom is -0.382 e. The number of aryl methyl sites for hydroxylation is 2. The molecule has 5 N–H and O–H groups in total. The first-order valence-electron chi connectivity index (χ1n) is 11.5. The van der Waals surface area contributed by atoms with E-state index in [1.165, 1.54) is 44.0 Å². The molecule has 170 valence electrons. The maximum atomic E-state index is 6.30. The van der Waals surface area contributed by atoms with Crippen LogP contribution in [0.5, 0.6) is 0 Å². The number of anilines is 4. The van der Waals surface area contributed by atoms with Gasteiger partial charge in [0.1, 0.15) is 12.1 Å². The molecule has 1 fully saturated rings. The van der Waals surface area contributed by atoms with Crippen LogP contribution in [0, 0.1) is 18.8 Å². The molecule has 2 aliphatic rings. The molecule has 0 spiro atoms. The Morgan fingerprint density at radius 2 is 1.94 bits per heavy atom. The zero-order chi connectivity index (χ0) is 22.5. The number of aromatic nitrogens is 6. The third-order valence-electron chi connectivity index (χ3n) is 7.11. The number of hydrogen-bond donors (Lipinski definition) is 3. The van der Waals surface area contributed by atoms with E-state index in [4.69, 9.17) is 16.5 Å². The van der Waals surface area contributed by atoms with E-state index in [0.717, 1.165) is 51.8 Å². The van der Waals surface area contributed by atoms with Crippen molar-refractivity contribution in [1.29, 1.82) is 0 Å². The van der Waals surface area contributed by atoms with Gasteiger partial charge in [-0.25, -0.2) is 15.0 Å². The zero-order valence-corrected chi connectivity index (χ0v) is 19.4. The lowest BCUT2D eigenvalue weighted by Gasteiger charge is -2.29. The number of fused-ring (bicyclic) bond motifs is 2. The highest BCUT2D eigenvalue weighted by molar-refractivity contribution is 7.17. The van der Waals surface area contributed by atoms with Crippen molar-refractivity contribution in [3.8, 4) is 5.82 Å². The van der Waals surface area contributed by atoms with E-state index >= 15 is 0 Å². The van der Waals surface area contributed by atoms with Gasteiger partial charge in [0.05, 0.1) is 15.9 Å². The summed E-state index contributed by atoms with van der Waals surface area (Å²) >= 11 is 1.57. The van der Waals surface area contributed by atoms with E-state index in [-0.39, 0.29) is 5.95 Å². The number of nitrogens with zero attached hydrogens (tertiary/aromatic N) is 6. The van der Waals surface area contributed by atoms with Gasteiger partial charge in [0, 0.05) is 5.69 Å². The van der Waals surface area contributed by atoms with Gasteiger partial charge >= 0.3 is 0 Å². The Kier molecular flexibility index (Phi) is 4.90. The van der Waals surface area contributed by atoms with Crippen LogP contribution in [-0.2, 0) is 12.8 Å². The molecule has 33 heavy (non-hydrogen) atoms. The molecule has 1 atom stereocenters. The van der Waals surface area contributed by atoms with Gasteiger partial charge in [0.2, 0.25) is 11.9 Å². The molecule has 0 radical (unpaired) electrons. The second-order valence-electron chi connectivity index (χ2n) is 9.20. The Hall–Kier alpha value is -3.27. The normalized spacial score (nSPS) is 18.6. The number of nitrogen functional groups attached to an aromatic ring is 2. The zero-order valence-electron chi connectivity index (χ0n) is 18.6. The topological polar surface area (TPSA) is 133 Å². The highest BCUT2D eigenvalue weighted by Crippen LogP contribution is 2.39. The van der Waals surface area contributed by atoms with E-state index in [0.29, 0.717) is 17.6 Å². The molecule has 4 aromatic rings. The summed E-state index contributed by atoms with van der Waals surface area (Å²) < 4.78 is 2.46. The summed E-state index contributed by atoms with van der Waals surface area (Å²) in [5.41, 5.74) is 17.6. The van der Waals surface area contributed by atoms with Crippen LogP contribution in [0.15, 0.2) is 17.8 Å². The molecule has 9 nitrogen and oxygen atoms in total. The highest BCUT2D eigenvalue weighted by atomic mass is 32.1. The van der Waals surface area contributed by atoms with Gasteiger partial charge in [-0.3, -0.25) is 0 Å². The Labute approximate surface area is 195 Å². The Morgan fingerprint density at radius 1 is 1.09 bits per heavy atom. The monoisotopic (exact) mass is 461 g/mol. The Morgan fingerprint density at radius 3 is 2.79 bits per heavy atom. The van der Waals surface area contributed by atoms with E-state index < -0.39 is 0 Å². The fraction of sp³-hybridized carbons (Fsp3) is 0.435. The largest absolute Gasteiger partial charge is 0.382 e. The molecule has 2 aliphatic carbocycles. The third-order valence-corrected chi connectivity index (χ3v) is 8.20. The highest BCUT2D eigenvalue weighted by Gasteiger charge is 2.29. The predicted octanol–water partition coefficient (Wildman–Crippen LogP) is 4.18. The average Bonchev–Trinajstić information content (AvgIpc) is 3.55. The van der Waals surface area contributed by atoms with E-state index in [2.05, 4.69) is 31.4 Å². The number of thiophene rings is 1. The van der Waals surface area contributed by atoms with Gasteiger partial charge in [-0.15, -0.1) is 16.4 Å². The molecule has 0 saturated heterocycles. The van der Waals surface area contributed by atoms with Crippen molar-refractivity contribution in [2.75, 3.05) is 16.8 Å². The van der Waals surface area contributed by atoms with Crippen molar-refractivity contribution in [3.05, 3.63) is 34.6 Å². The van der Waals surface area contributed by atoms with Gasteiger partial charge in [0.15, 0.2) is 5.82 Å². The molecule has 1 unspecified atom stereocenters. The van der Waals surface area contributed by atoms with E-state index in [9.17, 15) is 0 Å². The molecular formula is C23H27N9S. The lowest BCUT2D eigenvalue weighted by Crippen LogP contribution is -2.22. The average molecular weight is 462 g/mol. The van der Waals surface area contributed by atoms with Crippen LogP contribution in [0.4, 0.5) is 23.4 Å². The van der Waals surface area contributed by atoms with Crippen LogP contribution in [0.3, 0.4) is 0 Å². The molecule has 0 aromatic carbocycles. The van der Waals surface area contributed by atoms with Crippen LogP contribution in [-0.4, -0.2) is 29.7 Å². The number of nitrogens with one attached hydrogen (secondary N) is 1. The molecule has 1 saturated carbocycles. The van der Waals surface area contributed by atoms with Gasteiger partial charge in [-0.1, -0.05) is 25.7 Å². The molecular weight excluding hydrogens is 434 g/mol. The molecule has 6 rings (SSSR count). The number of nitrogens with two attached hydrogens (primary N) is 2. The Bertz CT molecular complexity index is 1340. The van der Waals surface area contributed by atoms with Crippen molar-refractivity contribution in [3.63, 3.8) is 0 Å². The summed E-state index contributed by atoms with van der Waals surface area (Å²) in [6, 6.07) is 2.13. The van der Waals surface area contributed by atoms with Crippen LogP contribution < -0.4 is 16.8 Å². The minimum atomic E-state index is 0.245. The fourth-order valence-electron chi connectivity index (χ4n) is 5.40. The third kappa shape index (κ3) is 3.58. The number of hydrogen-bond acceptors (Lipinski definition) is 9. The second-order valence-corrected chi connectivity index (χ2v) is 10.1. The maximum Gasteiger partial charge on any atom is 0.249 e. The summed E-state index contributed by atoms with van der Waals surface area (Å²) in [5.74, 6) is 3.29. The smallest absolute Gasteiger partial charge is 0.249 e. The van der Waals surface area contributed by atoms with Gasteiger partial charge < -0.3 is 16.8 Å². The standard InChI is InChI=1S/C23H27N9S/c1-12-10-33-19-18(12)26-11-27-21(19)32-22(25)30-23(31-32)29-17-9-15-8-14(13-4-2-3-5-13)6-7-16(15)28-20(17)24/h9-11,13-14H,2-8H2,1H3,(H2,24,28)(H3,25,29,30,31). The van der Waals surface area contributed by atoms with Gasteiger partial charge in [-0.2, -0.15) is 9.67 Å². The summed E-state index contributed by atoms with van der Waals surface area (Å²) in [7, 11) is 0. The quantitative estimate of drug-likeness (QED) is 0.412. The molecule has 10 heteroatoms. The maximum absolute atomic E-state index is 6.30. The second kappa shape index (κ2) is 7.95. The van der Waals surface area contributed by atoms with Crippen molar-refractivity contribution < 1.29 is 0 Å². The lowest BCUT2D eigenvalue weighted by atomic mass is 9.78. The first-order chi connectivity index (χ1) is 16.1. The van der Waals surface area contributed by atoms with Gasteiger partial charge in [-0.05, 0) is 60.6 Å². The fourth-order valence-corrected chi connectivity index (χ4v) is 6.38. The van der Waals surface area contributed by atoms with Gasteiger partial charge in [0.25, 0.3) is 0 Å². The minimum absolute atomic E-state index is 0.245. The van der Waals surface area contributed by atoms with Crippen LogP contribution in [0.2, 0.25) is 0 Å². The van der Waals surface area contributed by atoms with Crippen LogP contribution in [0.25, 0.3) is 16.0 Å². The summed E-state index contributed by atoms with van der Waals surface area (Å²) in [4.78, 5) is 17.9. The van der Waals surface area contributed by atoms with Crippen molar-refractivity contribution in [1.82, 2.24) is 29.7 Å². The summed E-state index contributed by atoms with van der Waals surface area (Å²) in [5, 5.41) is 9.86. The van der Waals surface area contributed by atoms with Crippen LogP contribution in [0.1, 0.15) is 48.9 Å². The SMILES string of the molecule is Cc1csc2c(-n3nc(Nc4cc5c(nc4N)CCC(C4CCCC4)C5)nc3N)ncnc12. The van der Waals surface area contributed by atoms with E-state index in [1.54, 1.807) is 16.0 Å². The predicted molar refractivity (Wildman–Crippen MR) is 131 cm³/mol. The van der Waals surface area contributed by atoms with Crippen molar-refractivity contribution in [2.45, 2.75) is 51.9 Å². The number of pyridine rings is 1. The molecule has 0 amide bonds. The lowest BCUT2D eigenvalue weighted by molar-refractivity contribution is 0.302. The molecule has 4 aromatic heterocycles. The number of rotatable bonds is 4. The summed E-state index contributed by atoms with van der Waals surface area (Å²) in [6.07, 6.45) is 10.3. The summed E-state index contributed by atoms with van der Waals surface area (Å²) in [6.45, 7) is 2.02. The molecule has 0 aliphatic heterocycles. The molecule has 4 heterocycles.